The summed E-state index contributed by atoms with van der Waals surface area (Å²) in [5.74, 6) is 1.62. The minimum Gasteiger partial charge on any atom is -0.508 e. The first-order valence-electron chi connectivity index (χ1n) is 17.8. The highest BCUT2D eigenvalue weighted by atomic mass is 17.2. The number of ether oxygens (including phenoxy) is 3. The van der Waals surface area contributed by atoms with E-state index in [0.29, 0.717) is 58.6 Å². The van der Waals surface area contributed by atoms with Crippen LogP contribution in [0.25, 0.3) is 21.9 Å². The maximum Gasteiger partial charge on any atom is 0.351 e. The first-order valence-corrected chi connectivity index (χ1v) is 17.8. The van der Waals surface area contributed by atoms with Crippen LogP contribution >= 0.6 is 0 Å². The van der Waals surface area contributed by atoms with Crippen molar-refractivity contribution in [3.8, 4) is 35.0 Å². The Hall–Kier alpha value is -7.16. The Bertz CT molecular complexity index is 2380. The summed E-state index contributed by atoms with van der Waals surface area (Å²) in [7, 11) is 1.51. The fraction of sp³-hybridized carbons (Fsp3) is 0.286. The van der Waals surface area contributed by atoms with Gasteiger partial charge in [0.25, 0.3) is 5.76 Å². The molecule has 0 fully saturated rings. The maximum atomic E-state index is 11.7. The van der Waals surface area contributed by atoms with Gasteiger partial charge in [0.2, 0.25) is 0 Å². The van der Waals surface area contributed by atoms with Crippen LogP contribution in [-0.4, -0.2) is 65.9 Å². The summed E-state index contributed by atoms with van der Waals surface area (Å²) in [6.07, 6.45) is 3.62. The topological polar surface area (TPSA) is 240 Å². The number of hydrogen-bond acceptors (Lipinski definition) is 16. The highest BCUT2D eigenvalue weighted by molar-refractivity contribution is 5.94. The molecule has 17 nitrogen and oxygen atoms in total. The molecule has 0 atom stereocenters. The summed E-state index contributed by atoms with van der Waals surface area (Å²) in [5, 5.41) is 37.3. The van der Waals surface area contributed by atoms with Crippen molar-refractivity contribution in [3.63, 3.8) is 0 Å². The van der Waals surface area contributed by atoms with Crippen molar-refractivity contribution in [1.82, 2.24) is 0 Å². The van der Waals surface area contributed by atoms with Crippen molar-refractivity contribution < 1.29 is 72.6 Å². The normalized spacial score (nSPS) is 10.3. The highest BCUT2D eigenvalue weighted by Gasteiger charge is 2.17. The molecule has 3 aromatic carbocycles. The molecule has 2 aromatic heterocycles. The first kappa shape index (κ1) is 48.0. The molecule has 316 valence electrons. The fourth-order valence-corrected chi connectivity index (χ4v) is 4.46. The van der Waals surface area contributed by atoms with Crippen LogP contribution in [0.2, 0.25) is 0 Å². The van der Waals surface area contributed by atoms with Crippen LogP contribution in [0.3, 0.4) is 0 Å². The lowest BCUT2D eigenvalue weighted by molar-refractivity contribution is -0.255. The number of aromatic hydroxyl groups is 3. The zero-order chi connectivity index (χ0) is 44.1. The molecule has 4 N–H and O–H groups in total. The van der Waals surface area contributed by atoms with Gasteiger partial charge in [0.1, 0.15) is 51.6 Å². The lowest BCUT2D eigenvalue weighted by Gasteiger charge is -2.06. The number of fused-ring (bicyclic) bond motifs is 2. The van der Waals surface area contributed by atoms with Gasteiger partial charge in [-0.3, -0.25) is 4.89 Å². The number of rotatable bonds is 11. The van der Waals surface area contributed by atoms with Gasteiger partial charge in [-0.25, -0.2) is 19.2 Å². The zero-order valence-corrected chi connectivity index (χ0v) is 33.7. The van der Waals surface area contributed by atoms with Crippen LogP contribution in [0.15, 0.2) is 85.0 Å². The van der Waals surface area contributed by atoms with Crippen molar-refractivity contribution in [2.24, 2.45) is 0 Å². The smallest absolute Gasteiger partial charge is 0.351 e. The molecular formula is C42H46O17. The third-order valence-corrected chi connectivity index (χ3v) is 7.46. The number of hydrogen-bond donors (Lipinski definition) is 4. The SMILES string of the molecule is CCO/C=C(\C#COOCC)OOCC.CCOC(=O)c1cc2ccc(O)c(C)c2oc1=O.COc1ccc2cc(C(=O)O)c(=O)oc2c1C.Cc1c(O)cccc1O. The number of phenolic OH excluding ortho intramolecular Hbond substituents is 3. The molecule has 0 radical (unpaired) electrons. The summed E-state index contributed by atoms with van der Waals surface area (Å²) < 4.78 is 24.9. The molecule has 59 heavy (non-hydrogen) atoms. The van der Waals surface area contributed by atoms with Gasteiger partial charge >= 0.3 is 23.2 Å². The van der Waals surface area contributed by atoms with Gasteiger partial charge in [-0.05, 0) is 97.0 Å². The number of carbonyl (C=O) groups is 2. The van der Waals surface area contributed by atoms with Gasteiger partial charge in [0.15, 0.2) is 6.11 Å². The largest absolute Gasteiger partial charge is 0.508 e. The van der Waals surface area contributed by atoms with E-state index in [1.54, 1.807) is 65.8 Å². The Labute approximate surface area is 338 Å². The number of esters is 1. The van der Waals surface area contributed by atoms with Crippen molar-refractivity contribution in [3.05, 3.63) is 115 Å². The third-order valence-electron chi connectivity index (χ3n) is 7.46. The number of carbonyl (C=O) groups excluding carboxylic acids is 1. The molecule has 0 aliphatic carbocycles. The lowest BCUT2D eigenvalue weighted by atomic mass is 10.1. The molecule has 5 rings (SSSR count). The van der Waals surface area contributed by atoms with E-state index in [9.17, 15) is 24.3 Å². The quantitative estimate of drug-likeness (QED) is 0.0200. The molecule has 0 saturated heterocycles. The van der Waals surface area contributed by atoms with E-state index in [0.717, 1.165) is 0 Å². The van der Waals surface area contributed by atoms with E-state index >= 15 is 0 Å². The predicted molar refractivity (Wildman–Crippen MR) is 213 cm³/mol. The molecule has 0 spiro atoms. The number of carboxylic acids is 1. The number of carboxylic acid groups (broad SMARTS) is 1. The second kappa shape index (κ2) is 24.5. The number of methoxy groups -OCH3 is 1. The summed E-state index contributed by atoms with van der Waals surface area (Å²) in [6.45, 7) is 13.7. The van der Waals surface area contributed by atoms with Gasteiger partial charge < -0.3 is 48.4 Å². The van der Waals surface area contributed by atoms with Gasteiger partial charge in [-0.15, -0.1) is 0 Å². The van der Waals surface area contributed by atoms with E-state index in [1.165, 1.54) is 43.7 Å². The van der Waals surface area contributed by atoms with Crippen LogP contribution in [0.4, 0.5) is 0 Å². The molecule has 0 saturated carbocycles. The van der Waals surface area contributed by atoms with E-state index in [1.807, 2.05) is 6.92 Å². The highest BCUT2D eigenvalue weighted by Crippen LogP contribution is 2.27. The minimum absolute atomic E-state index is 0.0366. The number of allylic oxidation sites excluding steroid dienone is 1. The maximum absolute atomic E-state index is 11.7. The van der Waals surface area contributed by atoms with E-state index in [2.05, 4.69) is 21.8 Å². The average molecular weight is 823 g/mol. The fourth-order valence-electron chi connectivity index (χ4n) is 4.46. The molecule has 0 aliphatic rings. The summed E-state index contributed by atoms with van der Waals surface area (Å²) in [5.41, 5.74) is 0.122. The molecule has 0 aliphatic heterocycles. The molecule has 0 unspecified atom stereocenters. The molecular weight excluding hydrogens is 776 g/mol. The molecule has 2 heterocycles. The second-order valence-corrected chi connectivity index (χ2v) is 11.4. The Morgan fingerprint density at radius 3 is 1.81 bits per heavy atom. The van der Waals surface area contributed by atoms with Crippen LogP contribution in [0, 0.1) is 32.8 Å². The monoisotopic (exact) mass is 822 g/mol. The summed E-state index contributed by atoms with van der Waals surface area (Å²) >= 11 is 0. The Kier molecular flexibility index (Phi) is 19.9. The number of aryl methyl sites for hydroxylation is 2. The van der Waals surface area contributed by atoms with Gasteiger partial charge in [-0.1, -0.05) is 6.07 Å². The summed E-state index contributed by atoms with van der Waals surface area (Å²) in [4.78, 5) is 64.0. The Balaban J connectivity index is 0.000000278. The molecule has 0 amide bonds. The van der Waals surface area contributed by atoms with Gasteiger partial charge in [-0.2, -0.15) is 9.78 Å². The average Bonchev–Trinajstić information content (AvgIpc) is 3.21. The van der Waals surface area contributed by atoms with Crippen LogP contribution < -0.4 is 16.0 Å². The third kappa shape index (κ3) is 14.4. The van der Waals surface area contributed by atoms with E-state index in [4.69, 9.17) is 48.1 Å². The van der Waals surface area contributed by atoms with Crippen LogP contribution in [-0.2, 0) is 29.0 Å². The lowest BCUT2D eigenvalue weighted by Crippen LogP contribution is -2.16. The molecule has 5 aromatic rings. The second-order valence-electron chi connectivity index (χ2n) is 11.4. The van der Waals surface area contributed by atoms with E-state index < -0.39 is 23.2 Å². The standard InChI is InChI=1S/C13H12O5.C12H10O5.C10H16O5.C7H8O2/c1-3-17-12(15)9-6-8-4-5-10(14)7(2)11(8)18-13(9)16;1-6-9(16-2)4-3-7-5-8(11(13)14)12(15)17-10(6)7;1-4-11-9-10(15-13-6-3)7-8-14-12-5-2;1-5-6(8)3-2-4-7(5)9/h4-6,14H,3H2,1-2H3;3-5H,1-2H3,(H,13,14);9H,4-6H2,1-3H3;2-4,8-9H,1H3/b;;10-9+;. The van der Waals surface area contributed by atoms with Crippen LogP contribution in [0.5, 0.6) is 23.0 Å². The van der Waals surface area contributed by atoms with Gasteiger partial charge in [0, 0.05) is 33.4 Å². The number of phenols is 3. The van der Waals surface area contributed by atoms with Gasteiger partial charge in [0.05, 0.1) is 33.5 Å². The number of benzene rings is 3. The number of aromatic carboxylic acids is 1. The molecule has 0 bridgehead atoms. The van der Waals surface area contributed by atoms with Crippen molar-refractivity contribution in [2.45, 2.75) is 48.5 Å². The minimum atomic E-state index is -1.30. The predicted octanol–water partition coefficient (Wildman–Crippen LogP) is 6.96. The van der Waals surface area contributed by atoms with Crippen molar-refractivity contribution in [2.75, 3.05) is 33.5 Å². The Morgan fingerprint density at radius 1 is 0.712 bits per heavy atom. The van der Waals surface area contributed by atoms with Crippen molar-refractivity contribution >= 4 is 33.9 Å². The van der Waals surface area contributed by atoms with E-state index in [-0.39, 0.29) is 46.3 Å². The first-order chi connectivity index (χ1) is 28.1. The Morgan fingerprint density at radius 2 is 1.27 bits per heavy atom. The van der Waals surface area contributed by atoms with Crippen LogP contribution in [0.1, 0.15) is 65.1 Å². The zero-order valence-electron chi connectivity index (χ0n) is 33.7. The summed E-state index contributed by atoms with van der Waals surface area (Å²) in [6, 6.07) is 13.8. The van der Waals surface area contributed by atoms with Crippen molar-refractivity contribution in [1.29, 1.82) is 0 Å². The molecule has 17 heteroatoms.